The molecule has 0 radical (unpaired) electrons. The van der Waals surface area contributed by atoms with Gasteiger partial charge in [0, 0.05) is 6.54 Å². The van der Waals surface area contributed by atoms with E-state index in [0.717, 1.165) is 24.8 Å². The van der Waals surface area contributed by atoms with Gasteiger partial charge in [0.05, 0.1) is 4.90 Å². The molecule has 21 heavy (non-hydrogen) atoms. The van der Waals surface area contributed by atoms with Crippen molar-refractivity contribution in [2.45, 2.75) is 51.9 Å². The summed E-state index contributed by atoms with van der Waals surface area (Å²) < 4.78 is 27.2. The zero-order chi connectivity index (χ0) is 15.9. The number of allylic oxidation sites excluding steroid dienone is 2. The van der Waals surface area contributed by atoms with Gasteiger partial charge in [0.25, 0.3) is 0 Å². The van der Waals surface area contributed by atoms with Crippen LogP contribution >= 0.6 is 0 Å². The number of rotatable bonds is 8. The molecule has 0 fully saturated rings. The summed E-state index contributed by atoms with van der Waals surface area (Å²) in [6.45, 7) is 8.66. The van der Waals surface area contributed by atoms with Crippen LogP contribution in [-0.4, -0.2) is 15.0 Å². The third kappa shape index (κ3) is 6.44. The Bertz CT molecular complexity index is 557. The SMILES string of the molecule is CCC/C=C\CC(C)(C)CNS(=O)(=O)c1ccc(C)cc1. The van der Waals surface area contributed by atoms with Crippen LogP contribution in [0.1, 0.15) is 45.6 Å². The molecule has 0 spiro atoms. The molecule has 1 aromatic carbocycles. The topological polar surface area (TPSA) is 46.2 Å². The van der Waals surface area contributed by atoms with Crippen molar-refractivity contribution in [3.8, 4) is 0 Å². The highest BCUT2D eigenvalue weighted by Crippen LogP contribution is 2.21. The molecule has 0 heterocycles. The summed E-state index contributed by atoms with van der Waals surface area (Å²) in [7, 11) is -3.42. The summed E-state index contributed by atoms with van der Waals surface area (Å²) in [5.41, 5.74) is 0.956. The maximum absolute atomic E-state index is 12.2. The van der Waals surface area contributed by atoms with Crippen LogP contribution in [0.2, 0.25) is 0 Å². The quantitative estimate of drug-likeness (QED) is 0.736. The summed E-state index contributed by atoms with van der Waals surface area (Å²) in [5, 5.41) is 0. The van der Waals surface area contributed by atoms with E-state index in [1.165, 1.54) is 0 Å². The van der Waals surface area contributed by atoms with Crippen LogP contribution in [0.25, 0.3) is 0 Å². The average molecular weight is 309 g/mol. The van der Waals surface area contributed by atoms with Gasteiger partial charge in [-0.15, -0.1) is 0 Å². The van der Waals surface area contributed by atoms with Crippen molar-refractivity contribution in [3.05, 3.63) is 42.0 Å². The monoisotopic (exact) mass is 309 g/mol. The highest BCUT2D eigenvalue weighted by molar-refractivity contribution is 7.89. The lowest BCUT2D eigenvalue weighted by atomic mass is 9.89. The number of hydrogen-bond donors (Lipinski definition) is 1. The second-order valence-electron chi connectivity index (χ2n) is 6.27. The predicted octanol–water partition coefficient (Wildman–Crippen LogP) is 4.05. The lowest BCUT2D eigenvalue weighted by Crippen LogP contribution is -2.33. The fraction of sp³-hybridized carbons (Fsp3) is 0.529. The minimum absolute atomic E-state index is 0.0952. The Balaban J connectivity index is 2.61. The molecular weight excluding hydrogens is 282 g/mol. The van der Waals surface area contributed by atoms with Gasteiger partial charge >= 0.3 is 0 Å². The van der Waals surface area contributed by atoms with E-state index in [2.05, 4.69) is 37.6 Å². The molecule has 0 amide bonds. The Kier molecular flexibility index (Phi) is 6.62. The second-order valence-corrected chi connectivity index (χ2v) is 8.03. The third-order valence-electron chi connectivity index (χ3n) is 3.36. The summed E-state index contributed by atoms with van der Waals surface area (Å²) in [5.74, 6) is 0. The van der Waals surface area contributed by atoms with Crippen molar-refractivity contribution in [3.63, 3.8) is 0 Å². The van der Waals surface area contributed by atoms with Gasteiger partial charge in [-0.05, 0) is 37.3 Å². The fourth-order valence-corrected chi connectivity index (χ4v) is 3.09. The van der Waals surface area contributed by atoms with Crippen LogP contribution in [0, 0.1) is 12.3 Å². The molecule has 0 aliphatic rings. The first kappa shape index (κ1) is 17.9. The highest BCUT2D eigenvalue weighted by atomic mass is 32.2. The lowest BCUT2D eigenvalue weighted by molar-refractivity contribution is 0.368. The minimum atomic E-state index is -3.42. The molecule has 0 bridgehead atoms. The first-order valence-electron chi connectivity index (χ1n) is 7.48. The Hall–Kier alpha value is -1.13. The molecule has 1 rings (SSSR count). The molecule has 0 atom stereocenters. The minimum Gasteiger partial charge on any atom is -0.211 e. The van der Waals surface area contributed by atoms with E-state index in [1.54, 1.807) is 12.1 Å². The van der Waals surface area contributed by atoms with Crippen LogP contribution in [0.15, 0.2) is 41.3 Å². The second kappa shape index (κ2) is 7.76. The third-order valence-corrected chi connectivity index (χ3v) is 4.78. The normalized spacial score (nSPS) is 13.0. The molecule has 0 aliphatic carbocycles. The maximum Gasteiger partial charge on any atom is 0.240 e. The van der Waals surface area contributed by atoms with Crippen LogP contribution in [0.3, 0.4) is 0 Å². The molecule has 118 valence electrons. The van der Waals surface area contributed by atoms with E-state index in [4.69, 9.17) is 0 Å². The fourth-order valence-electron chi connectivity index (χ4n) is 1.85. The standard InChI is InChI=1S/C17H27NO2S/c1-5-6-7-8-13-17(3,4)14-18-21(19,20)16-11-9-15(2)10-12-16/h7-12,18H,5-6,13-14H2,1-4H3/b8-7-. The lowest BCUT2D eigenvalue weighted by Gasteiger charge is -2.23. The van der Waals surface area contributed by atoms with E-state index in [0.29, 0.717) is 11.4 Å². The average Bonchev–Trinajstić information content (AvgIpc) is 2.42. The smallest absolute Gasteiger partial charge is 0.211 e. The number of aryl methyl sites for hydroxylation is 1. The number of sulfonamides is 1. The van der Waals surface area contributed by atoms with Gasteiger partial charge in [0.2, 0.25) is 10.0 Å². The summed E-state index contributed by atoms with van der Waals surface area (Å²) in [4.78, 5) is 0.324. The van der Waals surface area contributed by atoms with E-state index in [-0.39, 0.29) is 5.41 Å². The summed E-state index contributed by atoms with van der Waals surface area (Å²) in [6, 6.07) is 6.91. The Morgan fingerprint density at radius 3 is 2.33 bits per heavy atom. The van der Waals surface area contributed by atoms with Crippen LogP contribution in [0.4, 0.5) is 0 Å². The molecule has 0 aromatic heterocycles. The van der Waals surface area contributed by atoms with E-state index < -0.39 is 10.0 Å². The Labute approximate surface area is 129 Å². The van der Waals surface area contributed by atoms with Crippen LogP contribution in [-0.2, 0) is 10.0 Å². The summed E-state index contributed by atoms with van der Waals surface area (Å²) >= 11 is 0. The zero-order valence-electron chi connectivity index (χ0n) is 13.5. The van der Waals surface area contributed by atoms with Crippen molar-refractivity contribution in [1.82, 2.24) is 4.72 Å². The number of hydrogen-bond acceptors (Lipinski definition) is 2. The first-order valence-corrected chi connectivity index (χ1v) is 8.96. The van der Waals surface area contributed by atoms with Crippen molar-refractivity contribution in [2.75, 3.05) is 6.54 Å². The molecule has 0 saturated carbocycles. The molecule has 3 nitrogen and oxygen atoms in total. The van der Waals surface area contributed by atoms with Gasteiger partial charge in [-0.25, -0.2) is 13.1 Å². The van der Waals surface area contributed by atoms with Crippen molar-refractivity contribution in [1.29, 1.82) is 0 Å². The van der Waals surface area contributed by atoms with E-state index in [1.807, 2.05) is 19.1 Å². The van der Waals surface area contributed by atoms with E-state index in [9.17, 15) is 8.42 Å². The number of nitrogens with one attached hydrogen (secondary N) is 1. The highest BCUT2D eigenvalue weighted by Gasteiger charge is 2.21. The van der Waals surface area contributed by atoms with Gasteiger partial charge in [-0.2, -0.15) is 0 Å². The van der Waals surface area contributed by atoms with Gasteiger partial charge in [0.15, 0.2) is 0 Å². The molecule has 1 N–H and O–H groups in total. The Morgan fingerprint density at radius 1 is 1.14 bits per heavy atom. The van der Waals surface area contributed by atoms with Gasteiger partial charge in [0.1, 0.15) is 0 Å². The molecular formula is C17H27NO2S. The van der Waals surface area contributed by atoms with Crippen molar-refractivity contribution >= 4 is 10.0 Å². The molecule has 0 aliphatic heterocycles. The van der Waals surface area contributed by atoms with Crippen LogP contribution in [0.5, 0.6) is 0 Å². The molecule has 0 saturated heterocycles. The largest absolute Gasteiger partial charge is 0.240 e. The van der Waals surface area contributed by atoms with Gasteiger partial charge in [-0.3, -0.25) is 0 Å². The molecule has 0 unspecified atom stereocenters. The van der Waals surface area contributed by atoms with Crippen molar-refractivity contribution in [2.24, 2.45) is 5.41 Å². The van der Waals surface area contributed by atoms with Crippen LogP contribution < -0.4 is 4.72 Å². The molecule has 4 heteroatoms. The summed E-state index contributed by atoms with van der Waals surface area (Å²) in [6.07, 6.45) is 7.38. The number of benzene rings is 1. The maximum atomic E-state index is 12.2. The van der Waals surface area contributed by atoms with Gasteiger partial charge in [-0.1, -0.05) is 57.0 Å². The zero-order valence-corrected chi connectivity index (χ0v) is 14.3. The van der Waals surface area contributed by atoms with Crippen molar-refractivity contribution < 1.29 is 8.42 Å². The Morgan fingerprint density at radius 2 is 1.76 bits per heavy atom. The van der Waals surface area contributed by atoms with Gasteiger partial charge < -0.3 is 0 Å². The molecule has 1 aromatic rings. The van der Waals surface area contributed by atoms with E-state index >= 15 is 0 Å². The predicted molar refractivity (Wildman–Crippen MR) is 88.8 cm³/mol. The first-order chi connectivity index (χ1) is 9.77. The number of unbranched alkanes of at least 4 members (excludes halogenated alkanes) is 1.